The Morgan fingerprint density at radius 3 is 2.87 bits per heavy atom. The van der Waals surface area contributed by atoms with Gasteiger partial charge in [0.05, 0.1) is 21.5 Å². The van der Waals surface area contributed by atoms with E-state index >= 15 is 0 Å². The highest BCUT2D eigenvalue weighted by Crippen LogP contribution is 2.39. The molecule has 114 valence electrons. The van der Waals surface area contributed by atoms with Gasteiger partial charge in [0, 0.05) is 5.39 Å². The molecule has 0 aliphatic carbocycles. The standard InChI is InChI=1S/C17H12N2O3S/c1-8-2-5-12-10(6-8)14(18)15(22-12)16-19-11-4-3-9(17(20)21)7-13(11)23-16/h2-7H,18H2,1H3,(H,20,21). The minimum absolute atomic E-state index is 0.237. The van der Waals surface area contributed by atoms with Crippen molar-refractivity contribution in [2.75, 3.05) is 5.73 Å². The average molecular weight is 324 g/mol. The van der Waals surface area contributed by atoms with E-state index in [1.165, 1.54) is 11.3 Å². The molecule has 0 saturated carbocycles. The van der Waals surface area contributed by atoms with Gasteiger partial charge >= 0.3 is 5.97 Å². The molecule has 4 rings (SSSR count). The van der Waals surface area contributed by atoms with Crippen molar-refractivity contribution in [1.82, 2.24) is 4.98 Å². The molecule has 0 amide bonds. The maximum absolute atomic E-state index is 11.1. The zero-order chi connectivity index (χ0) is 16.1. The van der Waals surface area contributed by atoms with Gasteiger partial charge in [0.2, 0.25) is 0 Å². The predicted molar refractivity (Wildman–Crippen MR) is 90.9 cm³/mol. The smallest absolute Gasteiger partial charge is 0.335 e. The van der Waals surface area contributed by atoms with Gasteiger partial charge in [0.25, 0.3) is 0 Å². The summed E-state index contributed by atoms with van der Waals surface area (Å²) in [5.74, 6) is -0.427. The fraction of sp³-hybridized carbons (Fsp3) is 0.0588. The number of rotatable bonds is 2. The summed E-state index contributed by atoms with van der Waals surface area (Å²) in [6.07, 6.45) is 0. The molecule has 0 aliphatic rings. The molecule has 0 aliphatic heterocycles. The monoisotopic (exact) mass is 324 g/mol. The van der Waals surface area contributed by atoms with Crippen molar-refractivity contribution < 1.29 is 14.3 Å². The van der Waals surface area contributed by atoms with Crippen LogP contribution >= 0.6 is 11.3 Å². The number of furan rings is 1. The van der Waals surface area contributed by atoms with Gasteiger partial charge in [-0.3, -0.25) is 0 Å². The third kappa shape index (κ3) is 2.15. The molecule has 0 saturated heterocycles. The quantitative estimate of drug-likeness (QED) is 0.574. The lowest BCUT2D eigenvalue weighted by atomic mass is 10.1. The Balaban J connectivity index is 1.91. The maximum Gasteiger partial charge on any atom is 0.335 e. The molecule has 2 aromatic heterocycles. The van der Waals surface area contributed by atoms with Gasteiger partial charge in [0.1, 0.15) is 5.58 Å². The van der Waals surface area contributed by atoms with Crippen molar-refractivity contribution in [2.24, 2.45) is 0 Å². The van der Waals surface area contributed by atoms with Crippen molar-refractivity contribution in [1.29, 1.82) is 0 Å². The van der Waals surface area contributed by atoms with Crippen LogP contribution in [0.15, 0.2) is 40.8 Å². The Hall–Kier alpha value is -2.86. The molecule has 5 nitrogen and oxygen atoms in total. The van der Waals surface area contributed by atoms with Gasteiger partial charge < -0.3 is 15.3 Å². The number of aryl methyl sites for hydroxylation is 1. The molecule has 2 aromatic carbocycles. The normalized spacial score (nSPS) is 11.3. The largest absolute Gasteiger partial charge is 0.478 e. The molecule has 6 heteroatoms. The number of carboxylic acid groups (broad SMARTS) is 1. The van der Waals surface area contributed by atoms with E-state index in [2.05, 4.69) is 4.98 Å². The number of hydrogen-bond donors (Lipinski definition) is 2. The highest BCUT2D eigenvalue weighted by Gasteiger charge is 2.18. The Morgan fingerprint density at radius 2 is 2.09 bits per heavy atom. The van der Waals surface area contributed by atoms with Crippen molar-refractivity contribution in [2.45, 2.75) is 6.92 Å². The van der Waals surface area contributed by atoms with E-state index in [1.54, 1.807) is 18.2 Å². The summed E-state index contributed by atoms with van der Waals surface area (Å²) in [6.45, 7) is 2.00. The molecule has 2 heterocycles. The second kappa shape index (κ2) is 4.82. The molecule has 0 radical (unpaired) electrons. The Labute approximate surface area is 135 Å². The van der Waals surface area contributed by atoms with Crippen LogP contribution in [0.25, 0.3) is 32.0 Å². The van der Waals surface area contributed by atoms with Gasteiger partial charge in [0.15, 0.2) is 10.8 Å². The van der Waals surface area contributed by atoms with E-state index in [4.69, 9.17) is 15.3 Å². The van der Waals surface area contributed by atoms with E-state index in [0.29, 0.717) is 22.0 Å². The Morgan fingerprint density at radius 1 is 1.26 bits per heavy atom. The lowest BCUT2D eigenvalue weighted by molar-refractivity contribution is 0.0697. The van der Waals surface area contributed by atoms with Crippen LogP contribution in [0.5, 0.6) is 0 Å². The first-order valence-electron chi connectivity index (χ1n) is 6.96. The number of carboxylic acids is 1. The minimum Gasteiger partial charge on any atom is -0.478 e. The number of hydrogen-bond acceptors (Lipinski definition) is 5. The second-order valence-corrected chi connectivity index (χ2v) is 6.38. The van der Waals surface area contributed by atoms with E-state index < -0.39 is 5.97 Å². The van der Waals surface area contributed by atoms with Crippen molar-refractivity contribution in [3.8, 4) is 10.8 Å². The fourth-order valence-electron chi connectivity index (χ4n) is 2.54. The first-order valence-corrected chi connectivity index (χ1v) is 7.77. The molecular weight excluding hydrogens is 312 g/mol. The van der Waals surface area contributed by atoms with Crippen LogP contribution in [0.2, 0.25) is 0 Å². The molecule has 23 heavy (non-hydrogen) atoms. The minimum atomic E-state index is -0.958. The number of nitrogens with two attached hydrogens (primary N) is 1. The van der Waals surface area contributed by atoms with Gasteiger partial charge in [-0.15, -0.1) is 11.3 Å². The number of nitrogen functional groups attached to an aromatic ring is 1. The molecule has 0 atom stereocenters. The lowest BCUT2D eigenvalue weighted by Crippen LogP contribution is -1.94. The van der Waals surface area contributed by atoms with Crippen LogP contribution in [0, 0.1) is 6.92 Å². The van der Waals surface area contributed by atoms with Crippen LogP contribution in [-0.2, 0) is 0 Å². The number of aromatic carboxylic acids is 1. The third-order valence-corrected chi connectivity index (χ3v) is 4.73. The number of benzene rings is 2. The summed E-state index contributed by atoms with van der Waals surface area (Å²) in [5.41, 5.74) is 9.56. The summed E-state index contributed by atoms with van der Waals surface area (Å²) in [7, 11) is 0. The summed E-state index contributed by atoms with van der Waals surface area (Å²) in [5, 5.41) is 10.6. The molecule has 0 fully saturated rings. The number of carbonyl (C=O) groups is 1. The molecule has 0 spiro atoms. The second-order valence-electron chi connectivity index (χ2n) is 5.35. The van der Waals surface area contributed by atoms with Gasteiger partial charge in [-0.05, 0) is 37.3 Å². The van der Waals surface area contributed by atoms with Crippen molar-refractivity contribution >= 4 is 44.2 Å². The van der Waals surface area contributed by atoms with E-state index in [-0.39, 0.29) is 5.56 Å². The number of aromatic nitrogens is 1. The third-order valence-electron chi connectivity index (χ3n) is 3.71. The molecule has 4 aromatic rings. The first kappa shape index (κ1) is 13.8. The fourth-order valence-corrected chi connectivity index (χ4v) is 3.54. The average Bonchev–Trinajstić information content (AvgIpc) is 3.08. The molecule has 3 N–H and O–H groups in total. The highest BCUT2D eigenvalue weighted by atomic mass is 32.1. The summed E-state index contributed by atoms with van der Waals surface area (Å²) < 4.78 is 6.64. The van der Waals surface area contributed by atoms with Gasteiger partial charge in [-0.1, -0.05) is 11.6 Å². The van der Waals surface area contributed by atoms with Crippen LogP contribution in [0.4, 0.5) is 5.69 Å². The van der Waals surface area contributed by atoms with Crippen LogP contribution in [0.1, 0.15) is 15.9 Å². The molecule has 0 unspecified atom stereocenters. The zero-order valence-electron chi connectivity index (χ0n) is 12.2. The number of fused-ring (bicyclic) bond motifs is 2. The topological polar surface area (TPSA) is 89.3 Å². The Kier molecular flexibility index (Phi) is 2.89. The summed E-state index contributed by atoms with van der Waals surface area (Å²) in [4.78, 5) is 15.6. The number of nitrogens with zero attached hydrogens (tertiary/aromatic N) is 1. The van der Waals surface area contributed by atoms with Gasteiger partial charge in [-0.25, -0.2) is 9.78 Å². The van der Waals surface area contributed by atoms with Crippen molar-refractivity contribution in [3.05, 3.63) is 47.5 Å². The van der Waals surface area contributed by atoms with E-state index in [9.17, 15) is 4.79 Å². The zero-order valence-corrected chi connectivity index (χ0v) is 13.0. The lowest BCUT2D eigenvalue weighted by Gasteiger charge is -1.92. The van der Waals surface area contributed by atoms with Crippen LogP contribution in [0.3, 0.4) is 0 Å². The summed E-state index contributed by atoms with van der Waals surface area (Å²) in [6, 6.07) is 10.7. The molecule has 0 bridgehead atoms. The SMILES string of the molecule is Cc1ccc2oc(-c3nc4ccc(C(=O)O)cc4s3)c(N)c2c1. The maximum atomic E-state index is 11.1. The van der Waals surface area contributed by atoms with E-state index in [1.807, 2.05) is 25.1 Å². The van der Waals surface area contributed by atoms with Gasteiger partial charge in [-0.2, -0.15) is 0 Å². The number of anilines is 1. The van der Waals surface area contributed by atoms with Crippen LogP contribution < -0.4 is 5.73 Å². The summed E-state index contributed by atoms with van der Waals surface area (Å²) >= 11 is 1.37. The predicted octanol–water partition coefficient (Wildman–Crippen LogP) is 4.30. The number of thiazole rings is 1. The van der Waals surface area contributed by atoms with Crippen molar-refractivity contribution in [3.63, 3.8) is 0 Å². The Bertz CT molecular complexity index is 1080. The molecular formula is C17H12N2O3S. The first-order chi connectivity index (χ1) is 11.0. The van der Waals surface area contributed by atoms with E-state index in [0.717, 1.165) is 21.2 Å². The highest BCUT2D eigenvalue weighted by molar-refractivity contribution is 7.21. The van der Waals surface area contributed by atoms with Crippen LogP contribution in [-0.4, -0.2) is 16.1 Å².